The highest BCUT2D eigenvalue weighted by molar-refractivity contribution is 5.85. The van der Waals surface area contributed by atoms with E-state index in [1.807, 2.05) is 6.20 Å². The number of likely N-dealkylation sites (tertiary alicyclic amines) is 1. The van der Waals surface area contributed by atoms with Gasteiger partial charge in [-0.15, -0.1) is 12.4 Å². The largest absolute Gasteiger partial charge is 0.327 e. The molecule has 0 saturated carbocycles. The highest BCUT2D eigenvalue weighted by Gasteiger charge is 2.33. The summed E-state index contributed by atoms with van der Waals surface area (Å²) in [5.41, 5.74) is 8.82. The first kappa shape index (κ1) is 14.5. The van der Waals surface area contributed by atoms with Gasteiger partial charge in [-0.2, -0.15) is 5.10 Å². The van der Waals surface area contributed by atoms with Gasteiger partial charge in [0, 0.05) is 36.9 Å². The molecule has 1 aliphatic heterocycles. The lowest BCUT2D eigenvalue weighted by Gasteiger charge is -2.42. The van der Waals surface area contributed by atoms with Crippen LogP contribution in [-0.4, -0.2) is 34.2 Å². The summed E-state index contributed by atoms with van der Waals surface area (Å²) in [6, 6.07) is 0.328. The second kappa shape index (κ2) is 5.38. The van der Waals surface area contributed by atoms with E-state index in [9.17, 15) is 0 Å². The molecule has 0 radical (unpaired) electrons. The van der Waals surface area contributed by atoms with Gasteiger partial charge in [0.15, 0.2) is 0 Å². The lowest BCUT2D eigenvalue weighted by Crippen LogP contribution is -2.52. The Morgan fingerprint density at radius 2 is 2.29 bits per heavy atom. The molecule has 5 heteroatoms. The van der Waals surface area contributed by atoms with Crippen molar-refractivity contribution in [3.63, 3.8) is 0 Å². The van der Waals surface area contributed by atoms with Crippen LogP contribution in [0.5, 0.6) is 0 Å². The molecule has 3 N–H and O–H groups in total. The Morgan fingerprint density at radius 1 is 1.59 bits per heavy atom. The highest BCUT2D eigenvalue weighted by atomic mass is 35.5. The van der Waals surface area contributed by atoms with Gasteiger partial charge in [0.2, 0.25) is 0 Å². The zero-order chi connectivity index (χ0) is 11.8. The molecule has 2 rings (SSSR count). The van der Waals surface area contributed by atoms with Gasteiger partial charge in [-0.25, -0.2) is 0 Å². The first-order valence-corrected chi connectivity index (χ1v) is 5.96. The Hall–Kier alpha value is -0.580. The first-order chi connectivity index (χ1) is 7.49. The van der Waals surface area contributed by atoms with Crippen LogP contribution in [0, 0.1) is 12.3 Å². The quantitative estimate of drug-likeness (QED) is 0.849. The van der Waals surface area contributed by atoms with Gasteiger partial charge >= 0.3 is 0 Å². The zero-order valence-corrected chi connectivity index (χ0v) is 11.7. The van der Waals surface area contributed by atoms with Crippen LogP contribution in [0.1, 0.15) is 31.5 Å². The van der Waals surface area contributed by atoms with Crippen LogP contribution < -0.4 is 5.73 Å². The third kappa shape index (κ3) is 3.21. The molecule has 0 aromatic carbocycles. The van der Waals surface area contributed by atoms with Gasteiger partial charge in [-0.1, -0.05) is 13.8 Å². The molecule has 4 nitrogen and oxygen atoms in total. The number of nitrogens with one attached hydrogen (secondary N) is 1. The van der Waals surface area contributed by atoms with E-state index in [2.05, 4.69) is 35.9 Å². The summed E-state index contributed by atoms with van der Waals surface area (Å²) in [5, 5.41) is 7.05. The number of aryl methyl sites for hydroxylation is 1. The predicted molar refractivity (Wildman–Crippen MR) is 72.2 cm³/mol. The Kier molecular flexibility index (Phi) is 4.58. The molecule has 1 atom stereocenters. The molecule has 98 valence electrons. The van der Waals surface area contributed by atoms with Gasteiger partial charge in [0.05, 0.1) is 6.20 Å². The van der Waals surface area contributed by atoms with Crippen molar-refractivity contribution in [2.75, 3.05) is 13.1 Å². The Balaban J connectivity index is 0.00000144. The van der Waals surface area contributed by atoms with E-state index >= 15 is 0 Å². The fourth-order valence-corrected chi connectivity index (χ4v) is 2.40. The Bertz CT molecular complexity index is 361. The smallest absolute Gasteiger partial charge is 0.0535 e. The SMILES string of the molecule is Cc1[nH]ncc1CN1CCC(N)C(C)(C)C1.Cl. The number of nitrogens with zero attached hydrogens (tertiary/aromatic N) is 2. The van der Waals surface area contributed by atoms with Crippen molar-refractivity contribution < 1.29 is 0 Å². The van der Waals surface area contributed by atoms with Gasteiger partial charge in [0.1, 0.15) is 0 Å². The molecular formula is C12H23ClN4. The minimum Gasteiger partial charge on any atom is -0.327 e. The minimum atomic E-state index is 0. The standard InChI is InChI=1S/C12H22N4.ClH/c1-9-10(6-14-15-9)7-16-5-4-11(13)12(2,3)8-16;/h6,11H,4-5,7-8,13H2,1-3H3,(H,14,15);1H. The molecule has 0 spiro atoms. The molecular weight excluding hydrogens is 236 g/mol. The van der Waals surface area contributed by atoms with Gasteiger partial charge in [-0.3, -0.25) is 10.00 Å². The minimum absolute atomic E-state index is 0. The average molecular weight is 259 g/mol. The Labute approximate surface area is 109 Å². The molecule has 1 aromatic rings. The molecule has 0 bridgehead atoms. The zero-order valence-electron chi connectivity index (χ0n) is 10.9. The molecule has 0 aliphatic carbocycles. The van der Waals surface area contributed by atoms with Gasteiger partial charge < -0.3 is 5.73 Å². The van der Waals surface area contributed by atoms with Crippen molar-refractivity contribution in [1.82, 2.24) is 15.1 Å². The molecule has 1 aromatic heterocycles. The molecule has 1 saturated heterocycles. The van der Waals surface area contributed by atoms with E-state index in [0.717, 1.165) is 26.1 Å². The summed E-state index contributed by atoms with van der Waals surface area (Å²) in [4.78, 5) is 2.47. The summed E-state index contributed by atoms with van der Waals surface area (Å²) >= 11 is 0. The maximum atomic E-state index is 6.13. The monoisotopic (exact) mass is 258 g/mol. The highest BCUT2D eigenvalue weighted by Crippen LogP contribution is 2.28. The maximum Gasteiger partial charge on any atom is 0.0535 e. The number of aromatic nitrogens is 2. The summed E-state index contributed by atoms with van der Waals surface area (Å²) in [7, 11) is 0. The number of rotatable bonds is 2. The molecule has 1 unspecified atom stereocenters. The first-order valence-electron chi connectivity index (χ1n) is 5.96. The number of halogens is 1. The molecule has 17 heavy (non-hydrogen) atoms. The van der Waals surface area contributed by atoms with Crippen molar-refractivity contribution >= 4 is 12.4 Å². The molecule has 1 fully saturated rings. The Morgan fingerprint density at radius 3 is 2.82 bits per heavy atom. The third-order valence-electron chi connectivity index (χ3n) is 3.72. The summed E-state index contributed by atoms with van der Waals surface area (Å²) in [5.74, 6) is 0. The summed E-state index contributed by atoms with van der Waals surface area (Å²) in [6.45, 7) is 9.73. The van der Waals surface area contributed by atoms with Crippen LogP contribution in [0.3, 0.4) is 0 Å². The fraction of sp³-hybridized carbons (Fsp3) is 0.750. The number of H-pyrrole nitrogens is 1. The number of hydrogen-bond donors (Lipinski definition) is 2. The second-order valence-electron chi connectivity index (χ2n) is 5.61. The lowest BCUT2D eigenvalue weighted by molar-refractivity contribution is 0.0897. The van der Waals surface area contributed by atoms with Crippen LogP contribution >= 0.6 is 12.4 Å². The number of aromatic amines is 1. The van der Waals surface area contributed by atoms with Crippen LogP contribution in [0.4, 0.5) is 0 Å². The van der Waals surface area contributed by atoms with E-state index in [1.165, 1.54) is 11.3 Å². The van der Waals surface area contributed by atoms with Crippen molar-refractivity contribution in [2.45, 2.75) is 39.8 Å². The number of hydrogen-bond acceptors (Lipinski definition) is 3. The van der Waals surface area contributed by atoms with Crippen molar-refractivity contribution in [2.24, 2.45) is 11.1 Å². The van der Waals surface area contributed by atoms with Crippen molar-refractivity contribution in [3.05, 3.63) is 17.5 Å². The third-order valence-corrected chi connectivity index (χ3v) is 3.72. The van der Waals surface area contributed by atoms with Crippen LogP contribution in [0.15, 0.2) is 6.20 Å². The topological polar surface area (TPSA) is 57.9 Å². The van der Waals surface area contributed by atoms with Crippen LogP contribution in [-0.2, 0) is 6.54 Å². The normalized spacial score (nSPS) is 24.4. The van der Waals surface area contributed by atoms with E-state index in [0.29, 0.717) is 6.04 Å². The number of piperidine rings is 1. The van der Waals surface area contributed by atoms with Gasteiger partial charge in [-0.05, 0) is 18.8 Å². The van der Waals surface area contributed by atoms with E-state index in [4.69, 9.17) is 5.73 Å². The molecule has 0 amide bonds. The predicted octanol–water partition coefficient (Wildman–Crippen LogP) is 1.70. The van der Waals surface area contributed by atoms with Crippen LogP contribution in [0.25, 0.3) is 0 Å². The fourth-order valence-electron chi connectivity index (χ4n) is 2.40. The molecule has 1 aliphatic rings. The van der Waals surface area contributed by atoms with E-state index < -0.39 is 0 Å². The van der Waals surface area contributed by atoms with Crippen molar-refractivity contribution in [1.29, 1.82) is 0 Å². The van der Waals surface area contributed by atoms with E-state index in [-0.39, 0.29) is 17.8 Å². The van der Waals surface area contributed by atoms with E-state index in [1.54, 1.807) is 0 Å². The summed E-state index contributed by atoms with van der Waals surface area (Å²) in [6.07, 6.45) is 3.01. The number of nitrogens with two attached hydrogens (primary N) is 1. The molecule has 2 heterocycles. The van der Waals surface area contributed by atoms with Crippen molar-refractivity contribution in [3.8, 4) is 0 Å². The van der Waals surface area contributed by atoms with Gasteiger partial charge in [0.25, 0.3) is 0 Å². The lowest BCUT2D eigenvalue weighted by atomic mass is 9.79. The summed E-state index contributed by atoms with van der Waals surface area (Å²) < 4.78 is 0. The average Bonchev–Trinajstić information content (AvgIpc) is 2.58. The van der Waals surface area contributed by atoms with Crippen LogP contribution in [0.2, 0.25) is 0 Å². The second-order valence-corrected chi connectivity index (χ2v) is 5.61. The maximum absolute atomic E-state index is 6.13.